The minimum Gasteiger partial charge on any atom is -0.497 e. The van der Waals surface area contributed by atoms with Crippen molar-refractivity contribution in [2.75, 3.05) is 7.11 Å². The molecule has 0 radical (unpaired) electrons. The fourth-order valence-corrected chi connectivity index (χ4v) is 1.47. The van der Waals surface area contributed by atoms with Crippen LogP contribution >= 0.6 is 0 Å². The first-order valence-electron chi connectivity index (χ1n) is 4.82. The van der Waals surface area contributed by atoms with Crippen molar-refractivity contribution < 1.29 is 14.1 Å². The molecule has 1 aromatic carbocycles. The van der Waals surface area contributed by atoms with Gasteiger partial charge in [-0.1, -0.05) is 5.16 Å². The molecule has 16 heavy (non-hydrogen) atoms. The van der Waals surface area contributed by atoms with Crippen LogP contribution in [0.2, 0.25) is 0 Å². The van der Waals surface area contributed by atoms with Crippen molar-refractivity contribution in [2.45, 2.75) is 6.92 Å². The van der Waals surface area contributed by atoms with Crippen LogP contribution in [0.25, 0.3) is 11.3 Å². The number of carbonyl (C=O) groups is 1. The van der Waals surface area contributed by atoms with E-state index in [-0.39, 0.29) is 0 Å². The molecule has 0 atom stereocenters. The summed E-state index contributed by atoms with van der Waals surface area (Å²) < 4.78 is 10.2. The lowest BCUT2D eigenvalue weighted by molar-refractivity contribution is 0.112. The average Bonchev–Trinajstić information content (AvgIpc) is 2.70. The van der Waals surface area contributed by atoms with Crippen molar-refractivity contribution in [1.82, 2.24) is 5.16 Å². The van der Waals surface area contributed by atoms with Gasteiger partial charge in [-0.3, -0.25) is 4.79 Å². The third-order valence-electron chi connectivity index (χ3n) is 2.38. The summed E-state index contributed by atoms with van der Waals surface area (Å²) in [6.07, 6.45) is 0.755. The molecule has 1 heterocycles. The fraction of sp³-hybridized carbons (Fsp3) is 0.167. The van der Waals surface area contributed by atoms with Gasteiger partial charge in [-0.05, 0) is 31.2 Å². The molecule has 0 aliphatic heterocycles. The van der Waals surface area contributed by atoms with Crippen LogP contribution in [0, 0.1) is 6.92 Å². The van der Waals surface area contributed by atoms with E-state index in [2.05, 4.69) is 5.16 Å². The van der Waals surface area contributed by atoms with Crippen molar-refractivity contribution in [1.29, 1.82) is 0 Å². The Bertz CT molecular complexity index is 499. The van der Waals surface area contributed by atoms with Gasteiger partial charge in [0.05, 0.1) is 18.4 Å². The highest BCUT2D eigenvalue weighted by molar-refractivity contribution is 5.86. The van der Waals surface area contributed by atoms with E-state index in [9.17, 15) is 4.79 Å². The maximum Gasteiger partial charge on any atom is 0.177 e. The minimum absolute atomic E-state index is 0.491. The summed E-state index contributed by atoms with van der Waals surface area (Å²) in [6.45, 7) is 1.74. The van der Waals surface area contributed by atoms with Crippen LogP contribution in [0.5, 0.6) is 5.75 Å². The van der Waals surface area contributed by atoms with Gasteiger partial charge in [-0.15, -0.1) is 0 Å². The van der Waals surface area contributed by atoms with Gasteiger partial charge >= 0.3 is 0 Å². The number of aldehydes is 1. The largest absolute Gasteiger partial charge is 0.497 e. The number of aryl methyl sites for hydroxylation is 1. The lowest BCUT2D eigenvalue weighted by Crippen LogP contribution is -1.86. The molecule has 82 valence electrons. The quantitative estimate of drug-likeness (QED) is 0.741. The molecule has 0 aliphatic rings. The highest BCUT2D eigenvalue weighted by Crippen LogP contribution is 2.26. The Morgan fingerprint density at radius 3 is 2.56 bits per heavy atom. The highest BCUT2D eigenvalue weighted by atomic mass is 16.5. The molecule has 0 fully saturated rings. The molecule has 2 aromatic rings. The molecule has 0 unspecified atom stereocenters. The first-order chi connectivity index (χ1) is 7.76. The van der Waals surface area contributed by atoms with Gasteiger partial charge in [-0.2, -0.15) is 0 Å². The van der Waals surface area contributed by atoms with E-state index in [1.165, 1.54) is 0 Å². The van der Waals surface area contributed by atoms with Gasteiger partial charge in [0, 0.05) is 5.56 Å². The third kappa shape index (κ3) is 1.69. The second-order valence-corrected chi connectivity index (χ2v) is 3.36. The molecule has 0 amide bonds. The summed E-state index contributed by atoms with van der Waals surface area (Å²) in [6, 6.07) is 7.26. The number of nitrogens with zero attached hydrogens (tertiary/aromatic N) is 1. The Kier molecular flexibility index (Phi) is 2.72. The average molecular weight is 217 g/mol. The Morgan fingerprint density at radius 1 is 1.31 bits per heavy atom. The van der Waals surface area contributed by atoms with Crippen molar-refractivity contribution in [3.63, 3.8) is 0 Å². The van der Waals surface area contributed by atoms with E-state index >= 15 is 0 Å². The number of hydrogen-bond donors (Lipinski definition) is 0. The van der Waals surface area contributed by atoms with Crippen LogP contribution in [0.15, 0.2) is 28.8 Å². The van der Waals surface area contributed by atoms with Gasteiger partial charge in [0.2, 0.25) is 0 Å². The van der Waals surface area contributed by atoms with Gasteiger partial charge in [0.15, 0.2) is 12.0 Å². The zero-order chi connectivity index (χ0) is 11.5. The van der Waals surface area contributed by atoms with E-state index in [1.807, 2.05) is 24.3 Å². The molecule has 4 nitrogen and oxygen atoms in total. The molecule has 0 saturated carbocycles. The summed E-state index contributed by atoms with van der Waals surface area (Å²) in [5.41, 5.74) is 1.90. The summed E-state index contributed by atoms with van der Waals surface area (Å²) in [5.74, 6) is 1.25. The minimum atomic E-state index is 0.491. The highest BCUT2D eigenvalue weighted by Gasteiger charge is 2.13. The topological polar surface area (TPSA) is 52.3 Å². The number of methoxy groups -OCH3 is 1. The van der Waals surface area contributed by atoms with Gasteiger partial charge in [-0.25, -0.2) is 0 Å². The number of benzene rings is 1. The van der Waals surface area contributed by atoms with Crippen molar-refractivity contribution in [3.05, 3.63) is 35.5 Å². The van der Waals surface area contributed by atoms with Crippen molar-refractivity contribution in [2.24, 2.45) is 0 Å². The molecular formula is C12H11NO3. The molecule has 0 saturated heterocycles. The van der Waals surface area contributed by atoms with Crippen molar-refractivity contribution >= 4 is 6.29 Å². The second kappa shape index (κ2) is 4.18. The first-order valence-corrected chi connectivity index (χ1v) is 4.82. The Balaban J connectivity index is 2.46. The van der Waals surface area contributed by atoms with Crippen LogP contribution in [-0.2, 0) is 0 Å². The lowest BCUT2D eigenvalue weighted by Gasteiger charge is -2.00. The number of carbonyl (C=O) groups excluding carboxylic acids is 1. The van der Waals surface area contributed by atoms with Crippen LogP contribution in [-0.4, -0.2) is 18.6 Å². The van der Waals surface area contributed by atoms with Crippen LogP contribution < -0.4 is 4.74 Å². The maximum absolute atomic E-state index is 10.9. The van der Waals surface area contributed by atoms with E-state index in [1.54, 1.807) is 14.0 Å². The van der Waals surface area contributed by atoms with Crippen molar-refractivity contribution in [3.8, 4) is 17.1 Å². The smallest absolute Gasteiger partial charge is 0.177 e. The summed E-state index contributed by atoms with van der Waals surface area (Å²) in [5, 5.41) is 3.77. The van der Waals surface area contributed by atoms with E-state index < -0.39 is 0 Å². The first kappa shape index (κ1) is 10.4. The second-order valence-electron chi connectivity index (χ2n) is 3.36. The zero-order valence-electron chi connectivity index (χ0n) is 9.06. The van der Waals surface area contributed by atoms with Gasteiger partial charge < -0.3 is 9.26 Å². The standard InChI is InChI=1S/C12H11NO3/c1-8-11(7-14)12(16-13-8)9-3-5-10(15-2)6-4-9/h3-7H,1-2H3. The maximum atomic E-state index is 10.9. The predicted octanol–water partition coefficient (Wildman–Crippen LogP) is 2.47. The summed E-state index contributed by atoms with van der Waals surface area (Å²) in [4.78, 5) is 10.9. The molecule has 1 aromatic heterocycles. The van der Waals surface area contributed by atoms with E-state index in [0.29, 0.717) is 17.0 Å². The number of aromatic nitrogens is 1. The van der Waals surface area contributed by atoms with E-state index in [0.717, 1.165) is 17.6 Å². The normalized spacial score (nSPS) is 10.1. The van der Waals surface area contributed by atoms with Crippen LogP contribution in [0.4, 0.5) is 0 Å². The summed E-state index contributed by atoms with van der Waals surface area (Å²) >= 11 is 0. The van der Waals surface area contributed by atoms with Gasteiger partial charge in [0.25, 0.3) is 0 Å². The van der Waals surface area contributed by atoms with E-state index in [4.69, 9.17) is 9.26 Å². The summed E-state index contributed by atoms with van der Waals surface area (Å²) in [7, 11) is 1.60. The number of rotatable bonds is 3. The van der Waals surface area contributed by atoms with Crippen LogP contribution in [0.1, 0.15) is 16.1 Å². The number of ether oxygens (including phenoxy) is 1. The molecule has 2 rings (SSSR count). The van der Waals surface area contributed by atoms with Crippen LogP contribution in [0.3, 0.4) is 0 Å². The fourth-order valence-electron chi connectivity index (χ4n) is 1.47. The van der Waals surface area contributed by atoms with Gasteiger partial charge in [0.1, 0.15) is 5.75 Å². The number of hydrogen-bond acceptors (Lipinski definition) is 4. The monoisotopic (exact) mass is 217 g/mol. The molecular weight excluding hydrogens is 206 g/mol. The predicted molar refractivity (Wildman–Crippen MR) is 58.6 cm³/mol. The lowest BCUT2D eigenvalue weighted by atomic mass is 10.1. The zero-order valence-corrected chi connectivity index (χ0v) is 9.06. The molecule has 4 heteroatoms. The Labute approximate surface area is 92.8 Å². The molecule has 0 bridgehead atoms. The SMILES string of the molecule is COc1ccc(-c2onc(C)c2C=O)cc1. The Hall–Kier alpha value is -2.10. The Morgan fingerprint density at radius 2 is 2.00 bits per heavy atom. The third-order valence-corrected chi connectivity index (χ3v) is 2.38. The molecule has 0 spiro atoms. The molecule has 0 aliphatic carbocycles. The molecule has 0 N–H and O–H groups in total.